The maximum Gasteiger partial charge on any atom is 0.132 e. The van der Waals surface area contributed by atoms with Crippen LogP contribution in [0.3, 0.4) is 0 Å². The first-order valence-corrected chi connectivity index (χ1v) is 7.10. The molecule has 1 atom stereocenters. The van der Waals surface area contributed by atoms with Gasteiger partial charge in [-0.3, -0.25) is 4.68 Å². The number of benzene rings is 1. The molecule has 0 fully saturated rings. The molecule has 0 saturated carbocycles. The zero-order valence-corrected chi connectivity index (χ0v) is 12.1. The lowest BCUT2D eigenvalue weighted by Crippen LogP contribution is -2.06. The van der Waals surface area contributed by atoms with Crippen molar-refractivity contribution in [1.82, 2.24) is 9.78 Å². The minimum Gasteiger partial charge on any atom is -0.487 e. The summed E-state index contributed by atoms with van der Waals surface area (Å²) in [7, 11) is 0. The Hall–Kier alpha value is -1.81. The smallest absolute Gasteiger partial charge is 0.132 e. The van der Waals surface area contributed by atoms with E-state index >= 15 is 0 Å². The Labute approximate surface area is 120 Å². The largest absolute Gasteiger partial charge is 0.487 e. The molecule has 0 amide bonds. The summed E-state index contributed by atoms with van der Waals surface area (Å²) in [4.78, 5) is 0. The van der Waals surface area contributed by atoms with Crippen LogP contribution in [-0.2, 0) is 13.0 Å². The normalized spacial score (nSPS) is 12.3. The lowest BCUT2D eigenvalue weighted by Gasteiger charge is -2.10. The fraction of sp³-hybridized carbons (Fsp3) is 0.438. The van der Waals surface area contributed by atoms with Crippen LogP contribution in [0.1, 0.15) is 37.6 Å². The fourth-order valence-electron chi connectivity index (χ4n) is 2.01. The second-order valence-corrected chi connectivity index (χ2v) is 4.91. The van der Waals surface area contributed by atoms with Crippen LogP contribution in [-0.4, -0.2) is 21.5 Å². The summed E-state index contributed by atoms with van der Waals surface area (Å²) in [5.74, 6) is 0.819. The average Bonchev–Trinajstić information content (AvgIpc) is 2.95. The van der Waals surface area contributed by atoms with E-state index in [1.54, 1.807) is 0 Å². The van der Waals surface area contributed by atoms with Gasteiger partial charge in [-0.25, -0.2) is 0 Å². The van der Waals surface area contributed by atoms with E-state index < -0.39 is 0 Å². The predicted molar refractivity (Wildman–Crippen MR) is 78.8 cm³/mol. The third kappa shape index (κ3) is 3.61. The van der Waals surface area contributed by atoms with Gasteiger partial charge in [-0.1, -0.05) is 25.1 Å². The van der Waals surface area contributed by atoms with Crippen LogP contribution >= 0.6 is 0 Å². The van der Waals surface area contributed by atoms with E-state index in [9.17, 15) is 0 Å². The zero-order chi connectivity index (χ0) is 14.4. The molecule has 0 saturated heterocycles. The monoisotopic (exact) mass is 274 g/mol. The fourth-order valence-corrected chi connectivity index (χ4v) is 2.01. The van der Waals surface area contributed by atoms with Gasteiger partial charge in [0.2, 0.25) is 0 Å². The summed E-state index contributed by atoms with van der Waals surface area (Å²) in [5.41, 5.74) is 1.94. The minimum absolute atomic E-state index is 0.128. The Morgan fingerprint density at radius 1 is 1.30 bits per heavy atom. The Balaban J connectivity index is 2.00. The van der Waals surface area contributed by atoms with Crippen LogP contribution in [0.25, 0.3) is 0 Å². The van der Waals surface area contributed by atoms with Crippen LogP contribution in [0.15, 0.2) is 36.5 Å². The Kier molecular flexibility index (Phi) is 5.18. The Morgan fingerprint density at radius 2 is 2.10 bits per heavy atom. The van der Waals surface area contributed by atoms with Crippen LogP contribution in [0.5, 0.6) is 5.75 Å². The first-order chi connectivity index (χ1) is 9.74. The summed E-state index contributed by atoms with van der Waals surface area (Å²) in [6.45, 7) is 4.87. The predicted octanol–water partition coefficient (Wildman–Crippen LogP) is 2.97. The highest BCUT2D eigenvalue weighted by molar-refractivity contribution is 5.33. The molecule has 1 N–H and O–H groups in total. The number of hydrogen-bond acceptors (Lipinski definition) is 3. The van der Waals surface area contributed by atoms with E-state index in [0.717, 1.165) is 23.4 Å². The zero-order valence-electron chi connectivity index (χ0n) is 12.1. The molecular formula is C16H22N2O2. The van der Waals surface area contributed by atoms with Gasteiger partial charge in [0.05, 0.1) is 5.69 Å². The van der Waals surface area contributed by atoms with E-state index in [1.165, 1.54) is 0 Å². The van der Waals surface area contributed by atoms with Gasteiger partial charge in [-0.05, 0) is 37.5 Å². The minimum atomic E-state index is 0.128. The maximum absolute atomic E-state index is 9.05. The van der Waals surface area contributed by atoms with Crippen molar-refractivity contribution in [1.29, 1.82) is 0 Å². The molecule has 0 radical (unpaired) electrons. The summed E-state index contributed by atoms with van der Waals surface area (Å²) >= 11 is 0. The number of aromatic nitrogens is 2. The van der Waals surface area contributed by atoms with Crippen molar-refractivity contribution >= 4 is 0 Å². The van der Waals surface area contributed by atoms with Crippen LogP contribution in [0.2, 0.25) is 0 Å². The first-order valence-electron chi connectivity index (χ1n) is 7.10. The lowest BCUT2D eigenvalue weighted by molar-refractivity contribution is 0.280. The maximum atomic E-state index is 9.05. The van der Waals surface area contributed by atoms with Gasteiger partial charge in [0.25, 0.3) is 0 Å². The number of aliphatic hydroxyl groups excluding tert-OH is 1. The van der Waals surface area contributed by atoms with Gasteiger partial charge in [-0.2, -0.15) is 5.10 Å². The molecule has 0 aliphatic heterocycles. The lowest BCUT2D eigenvalue weighted by atomic mass is 10.1. The summed E-state index contributed by atoms with van der Waals surface area (Å²) in [6.07, 6.45) is 3.66. The van der Waals surface area contributed by atoms with Crippen molar-refractivity contribution in [3.8, 4) is 5.75 Å². The second-order valence-electron chi connectivity index (χ2n) is 4.91. The van der Waals surface area contributed by atoms with Gasteiger partial charge in [0.1, 0.15) is 12.4 Å². The number of para-hydroxylation sites is 1. The molecule has 1 aromatic heterocycles. The third-order valence-corrected chi connectivity index (χ3v) is 3.44. The number of aliphatic hydroxyl groups is 1. The van der Waals surface area contributed by atoms with Crippen molar-refractivity contribution in [3.05, 3.63) is 47.8 Å². The summed E-state index contributed by atoms with van der Waals surface area (Å²) in [5, 5.41) is 13.6. The van der Waals surface area contributed by atoms with E-state index in [0.29, 0.717) is 19.1 Å². The van der Waals surface area contributed by atoms with Gasteiger partial charge in [0, 0.05) is 18.8 Å². The summed E-state index contributed by atoms with van der Waals surface area (Å²) < 4.78 is 7.79. The van der Waals surface area contributed by atoms with Gasteiger partial charge in [-0.15, -0.1) is 0 Å². The van der Waals surface area contributed by atoms with Crippen molar-refractivity contribution < 1.29 is 9.84 Å². The van der Waals surface area contributed by atoms with E-state index in [-0.39, 0.29) is 6.61 Å². The first kappa shape index (κ1) is 14.6. The molecule has 0 aliphatic rings. The highest BCUT2D eigenvalue weighted by atomic mass is 16.5. The second kappa shape index (κ2) is 7.10. The molecule has 0 aliphatic carbocycles. The number of rotatable bonds is 7. The van der Waals surface area contributed by atoms with Gasteiger partial charge < -0.3 is 9.84 Å². The van der Waals surface area contributed by atoms with Crippen molar-refractivity contribution in [2.75, 3.05) is 6.61 Å². The summed E-state index contributed by atoms with van der Waals surface area (Å²) in [6, 6.07) is 10.2. The topological polar surface area (TPSA) is 47.3 Å². The van der Waals surface area contributed by atoms with E-state index in [2.05, 4.69) is 18.9 Å². The standard InChI is InChI=1S/C16H22N2O2/c1-3-13(2)18-10-8-15(17-18)12-20-16-7-5-4-6-14(16)9-11-19/h4-8,10,13,19H,3,9,11-12H2,1-2H3. The number of nitrogens with zero attached hydrogens (tertiary/aromatic N) is 2. The van der Waals surface area contributed by atoms with Crippen molar-refractivity contribution in [2.45, 2.75) is 39.3 Å². The molecule has 1 unspecified atom stereocenters. The van der Waals surface area contributed by atoms with Gasteiger partial charge in [0.15, 0.2) is 0 Å². The van der Waals surface area contributed by atoms with Gasteiger partial charge >= 0.3 is 0 Å². The molecule has 4 heteroatoms. The molecule has 20 heavy (non-hydrogen) atoms. The van der Waals surface area contributed by atoms with E-state index in [4.69, 9.17) is 9.84 Å². The molecule has 1 heterocycles. The molecule has 2 aromatic rings. The van der Waals surface area contributed by atoms with Crippen LogP contribution in [0.4, 0.5) is 0 Å². The SMILES string of the molecule is CCC(C)n1ccc(COc2ccccc2CCO)n1. The molecular weight excluding hydrogens is 252 g/mol. The highest BCUT2D eigenvalue weighted by Gasteiger charge is 2.07. The molecule has 108 valence electrons. The molecule has 1 aromatic carbocycles. The Morgan fingerprint density at radius 3 is 2.85 bits per heavy atom. The highest BCUT2D eigenvalue weighted by Crippen LogP contribution is 2.19. The van der Waals surface area contributed by atoms with Crippen LogP contribution < -0.4 is 4.74 Å². The van der Waals surface area contributed by atoms with E-state index in [1.807, 2.05) is 41.2 Å². The molecule has 4 nitrogen and oxygen atoms in total. The molecule has 0 spiro atoms. The Bertz CT molecular complexity index is 537. The number of ether oxygens (including phenoxy) is 1. The van der Waals surface area contributed by atoms with Crippen molar-refractivity contribution in [3.63, 3.8) is 0 Å². The quantitative estimate of drug-likeness (QED) is 0.844. The third-order valence-electron chi connectivity index (χ3n) is 3.44. The molecule has 0 bridgehead atoms. The average molecular weight is 274 g/mol. The molecule has 2 rings (SSSR count). The number of hydrogen-bond donors (Lipinski definition) is 1. The van der Waals surface area contributed by atoms with Crippen LogP contribution in [0, 0.1) is 0 Å². The van der Waals surface area contributed by atoms with Crippen molar-refractivity contribution in [2.24, 2.45) is 0 Å².